The van der Waals surface area contributed by atoms with Crippen LogP contribution in [0.3, 0.4) is 0 Å². The van der Waals surface area contributed by atoms with Crippen LogP contribution in [0.1, 0.15) is 252 Å². The van der Waals surface area contributed by atoms with Crippen LogP contribution >= 0.6 is 0 Å². The summed E-state index contributed by atoms with van der Waals surface area (Å²) in [5.74, 6) is -0.941. The van der Waals surface area contributed by atoms with Crippen LogP contribution in [-0.2, 0) is 28.6 Å². The largest absolute Gasteiger partial charge is 0.462 e. The first kappa shape index (κ1) is 63.3. The van der Waals surface area contributed by atoms with Crippen molar-refractivity contribution in [2.75, 3.05) is 13.2 Å². The van der Waals surface area contributed by atoms with E-state index >= 15 is 0 Å². The zero-order valence-corrected chi connectivity index (χ0v) is 43.6. The average molecular weight is 931 g/mol. The molecule has 6 nitrogen and oxygen atoms in total. The van der Waals surface area contributed by atoms with Crippen molar-refractivity contribution in [1.29, 1.82) is 0 Å². The molecule has 0 radical (unpaired) electrons. The molecule has 67 heavy (non-hydrogen) atoms. The van der Waals surface area contributed by atoms with Gasteiger partial charge in [-0.1, -0.05) is 214 Å². The topological polar surface area (TPSA) is 78.9 Å². The van der Waals surface area contributed by atoms with E-state index in [0.29, 0.717) is 19.3 Å². The minimum Gasteiger partial charge on any atom is -0.462 e. The fraction of sp³-hybridized carbons (Fsp3) is 0.689. The normalized spacial score (nSPS) is 12.8. The van der Waals surface area contributed by atoms with Gasteiger partial charge in [0.1, 0.15) is 13.2 Å². The zero-order valence-electron chi connectivity index (χ0n) is 43.6. The standard InChI is InChI=1S/C61H102O6/c1-4-7-10-13-16-19-22-24-26-28-30-32-34-36-39-42-45-48-51-54-60(63)66-57-58(56-65-59(62)53-50-47-44-41-38-21-18-15-12-9-6-3)67-61(64)55-52-49-46-43-40-37-35-33-31-29-27-25-23-20-17-14-11-8-5-2/h7,10,15-20,24-27,30,32,36,39,58H,4-6,8-9,11-14,21-23,28-29,31,33-35,37-38,40-57H2,1-3H3/b10-7-,18-15-,19-16-,20-17-,26-24-,27-25-,32-30-,39-36-. The molecule has 0 spiro atoms. The molecular formula is C61H102O6. The van der Waals surface area contributed by atoms with Crippen LogP contribution in [-0.4, -0.2) is 37.2 Å². The summed E-state index contributed by atoms with van der Waals surface area (Å²) in [5, 5.41) is 0. The van der Waals surface area contributed by atoms with Crippen molar-refractivity contribution in [3.63, 3.8) is 0 Å². The first-order valence-corrected chi connectivity index (χ1v) is 27.7. The third-order valence-electron chi connectivity index (χ3n) is 11.5. The second-order valence-electron chi connectivity index (χ2n) is 18.1. The smallest absolute Gasteiger partial charge is 0.306 e. The quantitative estimate of drug-likeness (QED) is 0.0262. The van der Waals surface area contributed by atoms with E-state index in [4.69, 9.17) is 14.2 Å². The number of rotatable bonds is 49. The van der Waals surface area contributed by atoms with E-state index < -0.39 is 6.10 Å². The lowest BCUT2D eigenvalue weighted by Crippen LogP contribution is -2.30. The number of carbonyl (C=O) groups is 3. The SMILES string of the molecule is CC/C=C\C/C=C\C/C=C\C/C=C\C/C=C\CCCCCC(=O)OCC(COC(=O)CCCCCCC/C=C\CCCC)OC(=O)CCCCCCCCCCC/C=C\C/C=C\CCCCC. The molecule has 0 rings (SSSR count). The summed E-state index contributed by atoms with van der Waals surface area (Å²) in [6.45, 7) is 6.42. The number of unbranched alkanes of at least 4 members (excludes halogenated alkanes) is 22. The minimum atomic E-state index is -0.797. The first-order valence-electron chi connectivity index (χ1n) is 27.7. The van der Waals surface area contributed by atoms with E-state index in [0.717, 1.165) is 116 Å². The molecule has 0 saturated heterocycles. The molecule has 0 aliphatic carbocycles. The van der Waals surface area contributed by atoms with E-state index in [1.54, 1.807) is 0 Å². The molecule has 0 bridgehead atoms. The van der Waals surface area contributed by atoms with E-state index in [-0.39, 0.29) is 31.1 Å². The Kier molecular flexibility index (Phi) is 51.9. The van der Waals surface area contributed by atoms with Crippen molar-refractivity contribution < 1.29 is 28.6 Å². The molecule has 1 unspecified atom stereocenters. The monoisotopic (exact) mass is 931 g/mol. The molecule has 0 amide bonds. The molecule has 1 atom stereocenters. The van der Waals surface area contributed by atoms with Gasteiger partial charge in [0.25, 0.3) is 0 Å². The van der Waals surface area contributed by atoms with Crippen molar-refractivity contribution in [2.24, 2.45) is 0 Å². The van der Waals surface area contributed by atoms with Crippen molar-refractivity contribution in [1.82, 2.24) is 0 Å². The first-order chi connectivity index (χ1) is 33.0. The maximum absolute atomic E-state index is 12.8. The number of esters is 3. The van der Waals surface area contributed by atoms with Crippen molar-refractivity contribution in [2.45, 2.75) is 258 Å². The second-order valence-corrected chi connectivity index (χ2v) is 18.1. The van der Waals surface area contributed by atoms with Crippen LogP contribution in [0, 0.1) is 0 Å². The zero-order chi connectivity index (χ0) is 48.6. The van der Waals surface area contributed by atoms with Gasteiger partial charge in [-0.15, -0.1) is 0 Å². The number of hydrogen-bond donors (Lipinski definition) is 0. The maximum atomic E-state index is 12.8. The summed E-state index contributed by atoms with van der Waals surface area (Å²) in [6.07, 6.45) is 72.5. The highest BCUT2D eigenvalue weighted by Crippen LogP contribution is 2.14. The fourth-order valence-corrected chi connectivity index (χ4v) is 7.36. The average Bonchev–Trinajstić information content (AvgIpc) is 3.33. The van der Waals surface area contributed by atoms with Gasteiger partial charge in [0.05, 0.1) is 0 Å². The molecule has 0 aliphatic rings. The third-order valence-corrected chi connectivity index (χ3v) is 11.5. The van der Waals surface area contributed by atoms with Crippen LogP contribution in [0.4, 0.5) is 0 Å². The van der Waals surface area contributed by atoms with Crippen LogP contribution in [0.25, 0.3) is 0 Å². The third kappa shape index (κ3) is 53.2. The van der Waals surface area contributed by atoms with Crippen molar-refractivity contribution in [3.8, 4) is 0 Å². The summed E-state index contributed by atoms with van der Waals surface area (Å²) in [6, 6.07) is 0. The molecule has 0 heterocycles. The molecule has 0 N–H and O–H groups in total. The van der Waals surface area contributed by atoms with E-state index in [1.807, 2.05) is 0 Å². The predicted molar refractivity (Wildman–Crippen MR) is 288 cm³/mol. The van der Waals surface area contributed by atoms with Crippen LogP contribution in [0.2, 0.25) is 0 Å². The predicted octanol–water partition coefficient (Wildman–Crippen LogP) is 18.5. The van der Waals surface area contributed by atoms with E-state index in [2.05, 4.69) is 118 Å². The maximum Gasteiger partial charge on any atom is 0.306 e. The number of hydrogen-bond acceptors (Lipinski definition) is 6. The van der Waals surface area contributed by atoms with E-state index in [1.165, 1.54) is 96.3 Å². The second kappa shape index (κ2) is 54.9. The van der Waals surface area contributed by atoms with Gasteiger partial charge in [-0.2, -0.15) is 0 Å². The molecular weight excluding hydrogens is 829 g/mol. The molecule has 0 aliphatic heterocycles. The molecule has 382 valence electrons. The summed E-state index contributed by atoms with van der Waals surface area (Å²) in [5.41, 5.74) is 0. The molecule has 0 saturated carbocycles. The number of ether oxygens (including phenoxy) is 3. The Bertz CT molecular complexity index is 1350. The van der Waals surface area contributed by atoms with E-state index in [9.17, 15) is 14.4 Å². The summed E-state index contributed by atoms with van der Waals surface area (Å²) >= 11 is 0. The van der Waals surface area contributed by atoms with Gasteiger partial charge in [-0.05, 0) is 116 Å². The molecule has 0 aromatic rings. The molecule has 0 fully saturated rings. The Morgan fingerprint density at radius 1 is 0.313 bits per heavy atom. The van der Waals surface area contributed by atoms with Gasteiger partial charge in [0.15, 0.2) is 6.10 Å². The van der Waals surface area contributed by atoms with Crippen LogP contribution in [0.15, 0.2) is 97.2 Å². The highest BCUT2D eigenvalue weighted by molar-refractivity contribution is 5.71. The van der Waals surface area contributed by atoms with Gasteiger partial charge in [-0.3, -0.25) is 14.4 Å². The lowest BCUT2D eigenvalue weighted by Gasteiger charge is -2.18. The lowest BCUT2D eigenvalue weighted by molar-refractivity contribution is -0.167. The summed E-state index contributed by atoms with van der Waals surface area (Å²) < 4.78 is 16.8. The Morgan fingerprint density at radius 3 is 0.985 bits per heavy atom. The van der Waals surface area contributed by atoms with Crippen LogP contribution < -0.4 is 0 Å². The Labute approximate surface area is 413 Å². The van der Waals surface area contributed by atoms with Gasteiger partial charge >= 0.3 is 17.9 Å². The number of allylic oxidation sites excluding steroid dienone is 16. The fourth-order valence-electron chi connectivity index (χ4n) is 7.36. The molecule has 0 aromatic carbocycles. The lowest BCUT2D eigenvalue weighted by atomic mass is 10.1. The van der Waals surface area contributed by atoms with Gasteiger partial charge in [-0.25, -0.2) is 0 Å². The van der Waals surface area contributed by atoms with Crippen LogP contribution in [0.5, 0.6) is 0 Å². The Balaban J connectivity index is 4.42. The van der Waals surface area contributed by atoms with Crippen molar-refractivity contribution >= 4 is 17.9 Å². The summed E-state index contributed by atoms with van der Waals surface area (Å²) in [7, 11) is 0. The van der Waals surface area contributed by atoms with Crippen molar-refractivity contribution in [3.05, 3.63) is 97.2 Å². The van der Waals surface area contributed by atoms with Gasteiger partial charge < -0.3 is 14.2 Å². The van der Waals surface area contributed by atoms with Gasteiger partial charge in [0, 0.05) is 19.3 Å². The Hall–Kier alpha value is -3.67. The molecule has 0 aromatic heterocycles. The summed E-state index contributed by atoms with van der Waals surface area (Å²) in [4.78, 5) is 38.1. The minimum absolute atomic E-state index is 0.0949. The van der Waals surface area contributed by atoms with Gasteiger partial charge in [0.2, 0.25) is 0 Å². The Morgan fingerprint density at radius 2 is 0.597 bits per heavy atom. The number of carbonyl (C=O) groups excluding carboxylic acids is 3. The highest BCUT2D eigenvalue weighted by Gasteiger charge is 2.19. The molecule has 6 heteroatoms. The highest BCUT2D eigenvalue weighted by atomic mass is 16.6.